The van der Waals surface area contributed by atoms with Gasteiger partial charge in [-0.1, -0.05) is 12.1 Å². The van der Waals surface area contributed by atoms with Crippen LogP contribution in [0.1, 0.15) is 12.5 Å². The number of nitrogens with one attached hydrogen (secondary N) is 1. The molecule has 8 heteroatoms. The average Bonchev–Trinajstić information content (AvgIpc) is 2.59. The summed E-state index contributed by atoms with van der Waals surface area (Å²) < 4.78 is 10.8. The molecule has 0 bridgehead atoms. The maximum absolute atomic E-state index is 11.4. The molecule has 134 valence electrons. The molecule has 0 aromatic heterocycles. The predicted octanol–water partition coefficient (Wildman–Crippen LogP) is 0.966. The van der Waals surface area contributed by atoms with Gasteiger partial charge in [-0.2, -0.15) is 0 Å². The molecule has 1 amide bonds. The summed E-state index contributed by atoms with van der Waals surface area (Å²) in [6.07, 6.45) is 0. The number of aliphatic imine (C=N–C) groups is 1. The van der Waals surface area contributed by atoms with E-state index in [2.05, 4.69) is 10.3 Å². The van der Waals surface area contributed by atoms with Crippen molar-refractivity contribution in [3.8, 4) is 5.75 Å². The summed E-state index contributed by atoms with van der Waals surface area (Å²) >= 11 is 0. The topological polar surface area (TPSA) is 89.2 Å². The highest BCUT2D eigenvalue weighted by atomic mass is 127. The number of ether oxygens (including phenoxy) is 2. The Kier molecular flexibility index (Phi) is 9.46. The summed E-state index contributed by atoms with van der Waals surface area (Å²) in [5.74, 6) is 1.04. The van der Waals surface area contributed by atoms with Gasteiger partial charge in [-0.25, -0.2) is 4.99 Å². The minimum atomic E-state index is -0.132. The molecule has 0 radical (unpaired) electrons. The van der Waals surface area contributed by atoms with Crippen LogP contribution in [0.3, 0.4) is 0 Å². The smallest absolute Gasteiger partial charge is 0.257 e. The van der Waals surface area contributed by atoms with E-state index in [-0.39, 0.29) is 36.5 Å². The van der Waals surface area contributed by atoms with Gasteiger partial charge >= 0.3 is 0 Å². The summed E-state index contributed by atoms with van der Waals surface area (Å²) in [5.41, 5.74) is 6.98. The van der Waals surface area contributed by atoms with Gasteiger partial charge < -0.3 is 25.4 Å². The van der Waals surface area contributed by atoms with Gasteiger partial charge in [0.1, 0.15) is 5.75 Å². The van der Waals surface area contributed by atoms with Crippen LogP contribution in [0.5, 0.6) is 5.75 Å². The van der Waals surface area contributed by atoms with Crippen molar-refractivity contribution in [3.63, 3.8) is 0 Å². The van der Waals surface area contributed by atoms with E-state index in [1.54, 1.807) is 0 Å². The second-order valence-electron chi connectivity index (χ2n) is 5.16. The van der Waals surface area contributed by atoms with Crippen molar-refractivity contribution in [3.05, 3.63) is 29.8 Å². The summed E-state index contributed by atoms with van der Waals surface area (Å²) in [6.45, 7) is 5.85. The number of nitrogens with zero attached hydrogens (tertiary/aromatic N) is 2. The molecule has 1 fully saturated rings. The average molecular weight is 448 g/mol. The van der Waals surface area contributed by atoms with E-state index in [9.17, 15) is 4.79 Å². The number of carbonyl (C=O) groups is 1. The number of amides is 1. The highest BCUT2D eigenvalue weighted by Gasteiger charge is 2.11. The molecule has 1 aromatic rings. The number of likely N-dealkylation sites (N-methyl/N-ethyl adjacent to an activating group) is 1. The largest absolute Gasteiger partial charge is 0.484 e. The molecule has 2 rings (SSSR count). The molecule has 1 aliphatic heterocycles. The molecular formula is C16H25IN4O3. The molecular weight excluding hydrogens is 423 g/mol. The maximum atomic E-state index is 11.4. The molecule has 7 nitrogen and oxygen atoms in total. The van der Waals surface area contributed by atoms with Gasteiger partial charge in [0.05, 0.1) is 19.8 Å². The van der Waals surface area contributed by atoms with Crippen LogP contribution in [0.25, 0.3) is 0 Å². The van der Waals surface area contributed by atoms with Gasteiger partial charge in [0.25, 0.3) is 5.91 Å². The Morgan fingerprint density at radius 3 is 2.88 bits per heavy atom. The first-order valence-electron chi connectivity index (χ1n) is 7.80. The SMILES string of the molecule is CCNC(=O)COc1cccc(CN=C(N)N2CCOCC2)c1.I. The minimum Gasteiger partial charge on any atom is -0.484 e. The van der Waals surface area contributed by atoms with Gasteiger partial charge in [0.15, 0.2) is 12.6 Å². The molecule has 0 unspecified atom stereocenters. The van der Waals surface area contributed by atoms with Crippen LogP contribution in [-0.2, 0) is 16.1 Å². The standard InChI is InChI=1S/C16H24N4O3.HI/c1-2-18-15(21)12-23-14-5-3-4-13(10-14)11-19-16(17)20-6-8-22-9-7-20;/h3-5,10H,2,6-9,11-12H2,1H3,(H2,17,19)(H,18,21);1H. The highest BCUT2D eigenvalue weighted by Crippen LogP contribution is 2.14. The quantitative estimate of drug-likeness (QED) is 0.385. The molecule has 1 heterocycles. The van der Waals surface area contributed by atoms with Gasteiger partial charge in [-0.3, -0.25) is 4.79 Å². The number of halogens is 1. The third-order valence-electron chi connectivity index (χ3n) is 3.40. The van der Waals surface area contributed by atoms with Gasteiger partial charge in [-0.15, -0.1) is 24.0 Å². The lowest BCUT2D eigenvalue weighted by Gasteiger charge is -2.27. The van der Waals surface area contributed by atoms with Crippen molar-refractivity contribution in [2.75, 3.05) is 39.5 Å². The lowest BCUT2D eigenvalue weighted by atomic mass is 10.2. The van der Waals surface area contributed by atoms with Crippen LogP contribution in [-0.4, -0.2) is 56.2 Å². The lowest BCUT2D eigenvalue weighted by Crippen LogP contribution is -2.44. The third-order valence-corrected chi connectivity index (χ3v) is 3.40. The molecule has 0 atom stereocenters. The number of rotatable bonds is 6. The number of hydrogen-bond donors (Lipinski definition) is 2. The van der Waals surface area contributed by atoms with Crippen molar-refractivity contribution in [2.24, 2.45) is 10.7 Å². The van der Waals surface area contributed by atoms with E-state index in [0.29, 0.717) is 38.0 Å². The van der Waals surface area contributed by atoms with E-state index in [1.807, 2.05) is 36.1 Å². The second kappa shape index (κ2) is 11.1. The monoisotopic (exact) mass is 448 g/mol. The normalized spacial score (nSPS) is 14.7. The summed E-state index contributed by atoms with van der Waals surface area (Å²) in [7, 11) is 0. The Hall–Kier alpha value is -1.55. The summed E-state index contributed by atoms with van der Waals surface area (Å²) in [4.78, 5) is 17.8. The summed E-state index contributed by atoms with van der Waals surface area (Å²) in [6, 6.07) is 7.52. The van der Waals surface area contributed by atoms with Crippen LogP contribution in [0, 0.1) is 0 Å². The highest BCUT2D eigenvalue weighted by molar-refractivity contribution is 14.0. The predicted molar refractivity (Wildman–Crippen MR) is 104 cm³/mol. The van der Waals surface area contributed by atoms with Crippen LogP contribution < -0.4 is 15.8 Å². The Morgan fingerprint density at radius 1 is 1.42 bits per heavy atom. The maximum Gasteiger partial charge on any atom is 0.257 e. The number of hydrogen-bond acceptors (Lipinski definition) is 4. The van der Waals surface area contributed by atoms with Crippen LogP contribution in [0.2, 0.25) is 0 Å². The number of morpholine rings is 1. The van der Waals surface area contributed by atoms with Crippen molar-refractivity contribution in [2.45, 2.75) is 13.5 Å². The van der Waals surface area contributed by atoms with Crippen molar-refractivity contribution < 1.29 is 14.3 Å². The lowest BCUT2D eigenvalue weighted by molar-refractivity contribution is -0.122. The molecule has 1 saturated heterocycles. The number of carbonyl (C=O) groups excluding carboxylic acids is 1. The molecule has 1 aliphatic rings. The first kappa shape index (κ1) is 20.5. The van der Waals surface area contributed by atoms with Crippen molar-refractivity contribution in [1.82, 2.24) is 10.2 Å². The molecule has 1 aromatic carbocycles. The van der Waals surface area contributed by atoms with E-state index in [1.165, 1.54) is 0 Å². The van der Waals surface area contributed by atoms with Crippen molar-refractivity contribution in [1.29, 1.82) is 0 Å². The fourth-order valence-electron chi connectivity index (χ4n) is 2.20. The molecule has 0 spiro atoms. The van der Waals surface area contributed by atoms with E-state index < -0.39 is 0 Å². The first-order chi connectivity index (χ1) is 11.2. The van der Waals surface area contributed by atoms with Crippen LogP contribution >= 0.6 is 24.0 Å². The summed E-state index contributed by atoms with van der Waals surface area (Å²) in [5, 5.41) is 2.69. The second-order valence-corrected chi connectivity index (χ2v) is 5.16. The molecule has 24 heavy (non-hydrogen) atoms. The zero-order valence-corrected chi connectivity index (χ0v) is 16.2. The zero-order valence-electron chi connectivity index (χ0n) is 13.9. The number of benzene rings is 1. The Balaban J connectivity index is 0.00000288. The zero-order chi connectivity index (χ0) is 16.5. The first-order valence-corrected chi connectivity index (χ1v) is 7.80. The van der Waals surface area contributed by atoms with Gasteiger partial charge in [0, 0.05) is 19.6 Å². The van der Waals surface area contributed by atoms with Crippen LogP contribution in [0.4, 0.5) is 0 Å². The molecule has 0 aliphatic carbocycles. The Labute approximate surface area is 159 Å². The third kappa shape index (κ3) is 6.91. The molecule has 0 saturated carbocycles. The van der Waals surface area contributed by atoms with Crippen LogP contribution in [0.15, 0.2) is 29.3 Å². The van der Waals surface area contributed by atoms with Gasteiger partial charge in [0.2, 0.25) is 0 Å². The Bertz CT molecular complexity index is 548. The fourth-order valence-corrected chi connectivity index (χ4v) is 2.20. The van der Waals surface area contributed by atoms with E-state index >= 15 is 0 Å². The van der Waals surface area contributed by atoms with Crippen molar-refractivity contribution >= 4 is 35.8 Å². The number of guanidine groups is 1. The Morgan fingerprint density at radius 2 is 2.17 bits per heavy atom. The minimum absolute atomic E-state index is 0. The molecule has 3 N–H and O–H groups in total. The van der Waals surface area contributed by atoms with E-state index in [0.717, 1.165) is 18.7 Å². The number of nitrogens with two attached hydrogens (primary N) is 1. The van der Waals surface area contributed by atoms with Gasteiger partial charge in [-0.05, 0) is 24.6 Å². The fraction of sp³-hybridized carbons (Fsp3) is 0.500. The van der Waals surface area contributed by atoms with E-state index in [4.69, 9.17) is 15.2 Å².